The molecular weight excluding hydrogens is 328 g/mol. The number of phenols is 1. The van der Waals surface area contributed by atoms with Gasteiger partial charge in [-0.1, -0.05) is 12.1 Å². The van der Waals surface area contributed by atoms with Crippen LogP contribution in [-0.4, -0.2) is 5.11 Å². The lowest BCUT2D eigenvalue weighted by Crippen LogP contribution is -2.61. The van der Waals surface area contributed by atoms with E-state index in [9.17, 15) is 5.11 Å². The maximum absolute atomic E-state index is 9.74. The molecule has 0 saturated heterocycles. The van der Waals surface area contributed by atoms with E-state index in [-0.39, 0.29) is 0 Å². The van der Waals surface area contributed by atoms with Crippen molar-refractivity contribution in [3.8, 4) is 5.75 Å². The van der Waals surface area contributed by atoms with Crippen molar-refractivity contribution < 1.29 is 5.11 Å². The van der Waals surface area contributed by atoms with Crippen molar-refractivity contribution in [2.45, 2.75) is 76.5 Å². The fourth-order valence-corrected chi connectivity index (χ4v) is 10.7. The Morgan fingerprint density at radius 3 is 1.56 bits per heavy atom. The van der Waals surface area contributed by atoms with E-state index in [1.165, 1.54) is 31.2 Å². The van der Waals surface area contributed by atoms with Crippen LogP contribution in [-0.2, 0) is 0 Å². The van der Waals surface area contributed by atoms with Crippen molar-refractivity contribution in [1.29, 1.82) is 0 Å². The Morgan fingerprint density at radius 1 is 0.593 bits per heavy atom. The van der Waals surface area contributed by atoms with Crippen LogP contribution in [0.2, 0.25) is 0 Å². The van der Waals surface area contributed by atoms with Gasteiger partial charge in [0.05, 0.1) is 0 Å². The molecule has 8 fully saturated rings. The molecule has 8 saturated carbocycles. The van der Waals surface area contributed by atoms with Gasteiger partial charge in [-0.2, -0.15) is 0 Å². The number of hydrogen-bond donors (Lipinski definition) is 1. The fraction of sp³-hybridized carbons (Fsp3) is 0.769. The van der Waals surface area contributed by atoms with Crippen molar-refractivity contribution in [1.82, 2.24) is 0 Å². The number of hydrogen-bond acceptors (Lipinski definition) is 1. The van der Waals surface area contributed by atoms with Crippen LogP contribution in [0, 0.1) is 46.3 Å². The van der Waals surface area contributed by atoms with E-state index in [1.807, 2.05) is 12.1 Å². The summed E-state index contributed by atoms with van der Waals surface area (Å²) in [7, 11) is 0. The lowest BCUT2D eigenvalue weighted by Gasteiger charge is -2.71. The Kier molecular flexibility index (Phi) is 3.02. The highest BCUT2D eigenvalue weighted by atomic mass is 16.3. The molecule has 1 N–H and O–H groups in total. The van der Waals surface area contributed by atoms with E-state index >= 15 is 0 Å². The van der Waals surface area contributed by atoms with E-state index in [4.69, 9.17) is 0 Å². The highest BCUT2D eigenvalue weighted by molar-refractivity contribution is 5.31. The van der Waals surface area contributed by atoms with E-state index < -0.39 is 0 Å². The van der Waals surface area contributed by atoms with Crippen LogP contribution in [0.15, 0.2) is 24.3 Å². The largest absolute Gasteiger partial charge is 0.508 e. The molecular formula is C26H34O. The molecule has 0 spiro atoms. The first kappa shape index (κ1) is 15.9. The zero-order chi connectivity index (χ0) is 17.8. The monoisotopic (exact) mass is 362 g/mol. The SMILES string of the molecule is Oc1ccc(C2C3CC4CC2CC(C25CC6CC(CC(C6)C2)C5)(C4)C3)cc1. The van der Waals surface area contributed by atoms with Gasteiger partial charge in [-0.05, 0) is 141 Å². The van der Waals surface area contributed by atoms with Gasteiger partial charge in [0.1, 0.15) is 5.75 Å². The summed E-state index contributed by atoms with van der Waals surface area (Å²) in [6, 6.07) is 8.32. The molecule has 0 heterocycles. The van der Waals surface area contributed by atoms with Crippen LogP contribution >= 0.6 is 0 Å². The number of aromatic hydroxyl groups is 1. The lowest BCUT2D eigenvalue weighted by atomic mass is 9.33. The molecule has 0 amide bonds. The molecule has 8 aliphatic carbocycles. The van der Waals surface area contributed by atoms with Gasteiger partial charge in [-0.25, -0.2) is 0 Å². The van der Waals surface area contributed by atoms with Crippen LogP contribution < -0.4 is 0 Å². The van der Waals surface area contributed by atoms with Gasteiger partial charge in [0.2, 0.25) is 0 Å². The Hall–Kier alpha value is -0.980. The standard InChI is InChI=1S/C26H34O/c27-23-3-1-20(2-4-23)24-21-8-19-9-22(24)15-26(13-19,14-21)25-10-16-5-17(11-25)7-18(6-16)12-25/h1-4,16-19,21-22,24,27H,5-15H2. The zero-order valence-corrected chi connectivity index (χ0v) is 16.6. The first-order valence-electron chi connectivity index (χ1n) is 11.9. The highest BCUT2D eigenvalue weighted by Crippen LogP contribution is 2.76. The fourth-order valence-electron chi connectivity index (χ4n) is 10.7. The van der Waals surface area contributed by atoms with Crippen molar-refractivity contribution in [2.75, 3.05) is 0 Å². The first-order valence-corrected chi connectivity index (χ1v) is 11.9. The Labute approximate surface area is 163 Å². The molecule has 1 aromatic carbocycles. The summed E-state index contributed by atoms with van der Waals surface area (Å²) in [5, 5.41) is 9.74. The molecule has 0 aromatic heterocycles. The van der Waals surface area contributed by atoms with Gasteiger partial charge in [-0.15, -0.1) is 0 Å². The molecule has 8 aliphatic rings. The average molecular weight is 363 g/mol. The van der Waals surface area contributed by atoms with Crippen LogP contribution in [0.3, 0.4) is 0 Å². The topological polar surface area (TPSA) is 20.2 Å². The quantitative estimate of drug-likeness (QED) is 0.635. The van der Waals surface area contributed by atoms with Gasteiger partial charge >= 0.3 is 0 Å². The first-order chi connectivity index (χ1) is 13.1. The van der Waals surface area contributed by atoms with Crippen LogP contribution in [0.1, 0.15) is 82.1 Å². The minimum absolute atomic E-state index is 0.424. The summed E-state index contributed by atoms with van der Waals surface area (Å²) < 4.78 is 0. The summed E-state index contributed by atoms with van der Waals surface area (Å²) in [4.78, 5) is 0. The molecule has 2 atom stereocenters. The molecule has 144 valence electrons. The maximum atomic E-state index is 9.74. The molecule has 8 bridgehead atoms. The summed E-state index contributed by atoms with van der Waals surface area (Å²) in [6.45, 7) is 0. The van der Waals surface area contributed by atoms with Crippen LogP contribution in [0.5, 0.6) is 5.75 Å². The second kappa shape index (κ2) is 5.14. The molecule has 1 nitrogen and oxygen atoms in total. The van der Waals surface area contributed by atoms with Crippen LogP contribution in [0.4, 0.5) is 0 Å². The number of benzene rings is 1. The third-order valence-electron chi connectivity index (χ3n) is 10.7. The summed E-state index contributed by atoms with van der Waals surface area (Å²) >= 11 is 0. The minimum atomic E-state index is 0.424. The second-order valence-electron chi connectivity index (χ2n) is 12.1. The molecule has 27 heavy (non-hydrogen) atoms. The van der Waals surface area contributed by atoms with Gasteiger partial charge < -0.3 is 5.11 Å². The van der Waals surface area contributed by atoms with E-state index in [0.717, 1.165) is 46.8 Å². The maximum Gasteiger partial charge on any atom is 0.115 e. The van der Waals surface area contributed by atoms with Crippen molar-refractivity contribution in [2.24, 2.45) is 46.3 Å². The van der Waals surface area contributed by atoms with Gasteiger partial charge in [0.15, 0.2) is 0 Å². The number of rotatable bonds is 2. The smallest absolute Gasteiger partial charge is 0.115 e. The van der Waals surface area contributed by atoms with E-state index in [1.54, 1.807) is 44.9 Å². The Bertz CT molecular complexity index is 710. The molecule has 9 rings (SSSR count). The molecule has 1 heteroatoms. The van der Waals surface area contributed by atoms with Gasteiger partial charge in [0, 0.05) is 0 Å². The average Bonchev–Trinajstić information content (AvgIpc) is 2.61. The van der Waals surface area contributed by atoms with Crippen molar-refractivity contribution >= 4 is 0 Å². The lowest BCUT2D eigenvalue weighted by molar-refractivity contribution is -0.204. The zero-order valence-electron chi connectivity index (χ0n) is 16.6. The normalized spacial score (nSPS) is 54.6. The van der Waals surface area contributed by atoms with Crippen LogP contribution in [0.25, 0.3) is 0 Å². The second-order valence-corrected chi connectivity index (χ2v) is 12.1. The van der Waals surface area contributed by atoms with Gasteiger partial charge in [-0.3, -0.25) is 0 Å². The highest BCUT2D eigenvalue weighted by Gasteiger charge is 2.66. The summed E-state index contributed by atoms with van der Waals surface area (Å²) in [6.07, 6.45) is 17.2. The summed E-state index contributed by atoms with van der Waals surface area (Å²) in [5.41, 5.74) is 2.99. The Balaban J connectivity index is 1.26. The molecule has 0 radical (unpaired) electrons. The van der Waals surface area contributed by atoms with Gasteiger partial charge in [0.25, 0.3) is 0 Å². The van der Waals surface area contributed by atoms with Crippen molar-refractivity contribution in [3.05, 3.63) is 29.8 Å². The Morgan fingerprint density at radius 2 is 1.04 bits per heavy atom. The molecule has 0 aliphatic heterocycles. The van der Waals surface area contributed by atoms with E-state index in [0.29, 0.717) is 11.2 Å². The molecule has 2 unspecified atom stereocenters. The minimum Gasteiger partial charge on any atom is -0.508 e. The third kappa shape index (κ3) is 2.07. The van der Waals surface area contributed by atoms with Crippen molar-refractivity contribution in [3.63, 3.8) is 0 Å². The predicted molar refractivity (Wildman–Crippen MR) is 107 cm³/mol. The third-order valence-corrected chi connectivity index (χ3v) is 10.7. The predicted octanol–water partition coefficient (Wildman–Crippen LogP) is 6.52. The number of phenolic OH excluding ortho intramolecular Hbond substituents is 1. The summed E-state index contributed by atoms with van der Waals surface area (Å²) in [5.74, 6) is 7.37. The van der Waals surface area contributed by atoms with E-state index in [2.05, 4.69) is 12.1 Å². The molecule has 1 aromatic rings.